The molecular weight excluding hydrogens is 288 g/mol. The number of amides is 1. The number of aromatic nitrogens is 2. The number of likely N-dealkylation sites (N-methyl/N-ethyl adjacent to an activating group) is 1. The standard InChI is InChI=1S/C18H24N4O/c1-20-10-11-21-16(13-20)12-15(18(21)23)5-2-4-14-6-3-9-22-17(14)7-8-19-22/h3,6-9,15-16H,2,4-5,10-13H2,1H3/t15-,16-/m0/s1. The van der Waals surface area contributed by atoms with Crippen LogP contribution in [0, 0.1) is 5.92 Å². The van der Waals surface area contributed by atoms with Gasteiger partial charge in [0.15, 0.2) is 0 Å². The number of fused-ring (bicyclic) bond motifs is 2. The molecule has 0 aliphatic carbocycles. The molecule has 0 radical (unpaired) electrons. The van der Waals surface area contributed by atoms with Crippen molar-refractivity contribution in [3.63, 3.8) is 0 Å². The van der Waals surface area contributed by atoms with Crippen LogP contribution in [-0.4, -0.2) is 58.0 Å². The van der Waals surface area contributed by atoms with E-state index in [2.05, 4.69) is 34.1 Å². The Bertz CT molecular complexity index is 710. The molecule has 2 aromatic heterocycles. The summed E-state index contributed by atoms with van der Waals surface area (Å²) in [6.07, 6.45) is 7.95. The molecule has 4 heterocycles. The van der Waals surface area contributed by atoms with Gasteiger partial charge in [-0.2, -0.15) is 5.10 Å². The van der Waals surface area contributed by atoms with Crippen LogP contribution < -0.4 is 0 Å². The van der Waals surface area contributed by atoms with Crippen molar-refractivity contribution in [2.24, 2.45) is 5.92 Å². The number of carbonyl (C=O) groups excluding carboxylic acids is 1. The van der Waals surface area contributed by atoms with Gasteiger partial charge in [-0.25, -0.2) is 4.52 Å². The highest BCUT2D eigenvalue weighted by Gasteiger charge is 2.40. The Labute approximate surface area is 136 Å². The molecule has 2 aliphatic rings. The zero-order chi connectivity index (χ0) is 15.8. The summed E-state index contributed by atoms with van der Waals surface area (Å²) in [6, 6.07) is 6.73. The highest BCUT2D eigenvalue weighted by Crippen LogP contribution is 2.31. The lowest BCUT2D eigenvalue weighted by molar-refractivity contribution is -0.133. The second kappa shape index (κ2) is 5.96. The van der Waals surface area contributed by atoms with Crippen molar-refractivity contribution in [3.8, 4) is 0 Å². The van der Waals surface area contributed by atoms with E-state index < -0.39 is 0 Å². The zero-order valence-corrected chi connectivity index (χ0v) is 13.7. The van der Waals surface area contributed by atoms with Gasteiger partial charge in [0.2, 0.25) is 5.91 Å². The first-order valence-electron chi connectivity index (χ1n) is 8.62. The molecule has 0 unspecified atom stereocenters. The highest BCUT2D eigenvalue weighted by molar-refractivity contribution is 5.81. The van der Waals surface area contributed by atoms with Crippen LogP contribution in [0.4, 0.5) is 0 Å². The second-order valence-electron chi connectivity index (χ2n) is 6.97. The van der Waals surface area contributed by atoms with Crippen LogP contribution in [0.25, 0.3) is 5.52 Å². The normalized spacial score (nSPS) is 25.3. The van der Waals surface area contributed by atoms with Crippen molar-refractivity contribution >= 4 is 11.4 Å². The SMILES string of the molecule is CN1CCN2C(=O)[C@@H](CCCc3cccn4nccc34)C[C@H]2C1. The van der Waals surface area contributed by atoms with Gasteiger partial charge < -0.3 is 9.80 Å². The zero-order valence-electron chi connectivity index (χ0n) is 13.7. The third-order valence-electron chi connectivity index (χ3n) is 5.40. The number of carbonyl (C=O) groups is 1. The smallest absolute Gasteiger partial charge is 0.226 e. The van der Waals surface area contributed by atoms with Gasteiger partial charge in [0, 0.05) is 44.0 Å². The average Bonchev–Trinajstić information content (AvgIpc) is 3.13. The number of pyridine rings is 1. The van der Waals surface area contributed by atoms with Gasteiger partial charge in [0.25, 0.3) is 0 Å². The van der Waals surface area contributed by atoms with Crippen LogP contribution in [0.15, 0.2) is 30.6 Å². The molecular formula is C18H24N4O. The van der Waals surface area contributed by atoms with E-state index in [1.807, 2.05) is 23.0 Å². The number of nitrogens with zero attached hydrogens (tertiary/aromatic N) is 4. The van der Waals surface area contributed by atoms with Gasteiger partial charge in [-0.3, -0.25) is 4.79 Å². The minimum Gasteiger partial charge on any atom is -0.337 e. The van der Waals surface area contributed by atoms with Gasteiger partial charge in [-0.1, -0.05) is 6.07 Å². The van der Waals surface area contributed by atoms with Crippen LogP contribution >= 0.6 is 0 Å². The summed E-state index contributed by atoms with van der Waals surface area (Å²) in [5, 5.41) is 4.28. The summed E-state index contributed by atoms with van der Waals surface area (Å²) < 4.78 is 1.92. The van der Waals surface area contributed by atoms with Crippen molar-refractivity contribution in [1.29, 1.82) is 0 Å². The van der Waals surface area contributed by atoms with E-state index in [1.54, 1.807) is 0 Å². The van der Waals surface area contributed by atoms with Crippen LogP contribution in [0.3, 0.4) is 0 Å². The molecule has 5 heteroatoms. The molecule has 0 bridgehead atoms. The minimum absolute atomic E-state index is 0.233. The predicted molar refractivity (Wildman–Crippen MR) is 89.2 cm³/mol. The monoisotopic (exact) mass is 312 g/mol. The molecule has 2 saturated heterocycles. The molecule has 0 aromatic carbocycles. The lowest BCUT2D eigenvalue weighted by Gasteiger charge is -2.35. The molecule has 0 spiro atoms. The Hall–Kier alpha value is -1.88. The summed E-state index contributed by atoms with van der Waals surface area (Å²) in [7, 11) is 2.15. The van der Waals surface area contributed by atoms with Crippen LogP contribution in [0.1, 0.15) is 24.8 Å². The fraction of sp³-hybridized carbons (Fsp3) is 0.556. The van der Waals surface area contributed by atoms with Crippen molar-refractivity contribution in [3.05, 3.63) is 36.2 Å². The van der Waals surface area contributed by atoms with E-state index in [0.717, 1.165) is 45.3 Å². The second-order valence-corrected chi connectivity index (χ2v) is 6.97. The number of rotatable bonds is 4. The Balaban J connectivity index is 1.36. The summed E-state index contributed by atoms with van der Waals surface area (Å²) in [5.41, 5.74) is 2.51. The molecule has 122 valence electrons. The fourth-order valence-corrected chi connectivity index (χ4v) is 4.17. The van der Waals surface area contributed by atoms with Gasteiger partial charge in [-0.15, -0.1) is 0 Å². The maximum atomic E-state index is 12.6. The molecule has 4 rings (SSSR count). The third kappa shape index (κ3) is 2.74. The van der Waals surface area contributed by atoms with Crippen LogP contribution in [0.2, 0.25) is 0 Å². The molecule has 1 amide bonds. The number of hydrogen-bond acceptors (Lipinski definition) is 3. The molecule has 2 atom stereocenters. The van der Waals surface area contributed by atoms with Crippen molar-refractivity contribution in [1.82, 2.24) is 19.4 Å². The summed E-state index contributed by atoms with van der Waals surface area (Å²) in [5.74, 6) is 0.627. The molecule has 23 heavy (non-hydrogen) atoms. The number of piperazine rings is 1. The first-order chi connectivity index (χ1) is 11.2. The van der Waals surface area contributed by atoms with E-state index in [0.29, 0.717) is 11.9 Å². The number of hydrogen-bond donors (Lipinski definition) is 0. The Morgan fingerprint density at radius 2 is 2.22 bits per heavy atom. The summed E-state index contributed by atoms with van der Waals surface area (Å²) in [4.78, 5) is 17.0. The van der Waals surface area contributed by atoms with Gasteiger partial charge in [0.05, 0.1) is 5.52 Å². The van der Waals surface area contributed by atoms with Gasteiger partial charge >= 0.3 is 0 Å². The minimum atomic E-state index is 0.233. The molecule has 2 aromatic rings. The van der Waals surface area contributed by atoms with Crippen molar-refractivity contribution in [2.45, 2.75) is 31.7 Å². The lowest BCUT2D eigenvalue weighted by Crippen LogP contribution is -2.49. The van der Waals surface area contributed by atoms with E-state index in [1.165, 1.54) is 11.1 Å². The summed E-state index contributed by atoms with van der Waals surface area (Å²) >= 11 is 0. The van der Waals surface area contributed by atoms with E-state index in [4.69, 9.17) is 0 Å². The topological polar surface area (TPSA) is 40.9 Å². The van der Waals surface area contributed by atoms with E-state index >= 15 is 0 Å². The fourth-order valence-electron chi connectivity index (χ4n) is 4.17. The van der Waals surface area contributed by atoms with Gasteiger partial charge in [0.1, 0.15) is 0 Å². The highest BCUT2D eigenvalue weighted by atomic mass is 16.2. The lowest BCUT2D eigenvalue weighted by atomic mass is 9.96. The Kier molecular flexibility index (Phi) is 3.81. The van der Waals surface area contributed by atoms with Crippen molar-refractivity contribution in [2.75, 3.05) is 26.7 Å². The molecule has 0 N–H and O–H groups in total. The quantitative estimate of drug-likeness (QED) is 0.865. The Morgan fingerprint density at radius 3 is 3.13 bits per heavy atom. The maximum Gasteiger partial charge on any atom is 0.226 e. The molecule has 2 aliphatic heterocycles. The largest absolute Gasteiger partial charge is 0.337 e. The predicted octanol–water partition coefficient (Wildman–Crippen LogP) is 1.82. The van der Waals surface area contributed by atoms with E-state index in [9.17, 15) is 4.79 Å². The van der Waals surface area contributed by atoms with Crippen LogP contribution in [-0.2, 0) is 11.2 Å². The molecule has 0 saturated carbocycles. The van der Waals surface area contributed by atoms with Crippen molar-refractivity contribution < 1.29 is 4.79 Å². The molecule has 2 fully saturated rings. The van der Waals surface area contributed by atoms with Crippen LogP contribution in [0.5, 0.6) is 0 Å². The molecule has 5 nitrogen and oxygen atoms in total. The third-order valence-corrected chi connectivity index (χ3v) is 5.40. The first-order valence-corrected chi connectivity index (χ1v) is 8.62. The Morgan fingerprint density at radius 1 is 1.30 bits per heavy atom. The average molecular weight is 312 g/mol. The maximum absolute atomic E-state index is 12.6. The number of aryl methyl sites for hydroxylation is 1. The van der Waals surface area contributed by atoms with Gasteiger partial charge in [-0.05, 0) is 50.4 Å². The van der Waals surface area contributed by atoms with E-state index in [-0.39, 0.29) is 5.92 Å². The first kappa shape index (κ1) is 14.7. The summed E-state index contributed by atoms with van der Waals surface area (Å²) in [6.45, 7) is 2.96.